The molecule has 0 radical (unpaired) electrons. The van der Waals surface area contributed by atoms with Gasteiger partial charge in [-0.15, -0.1) is 10.2 Å². The van der Waals surface area contributed by atoms with Crippen molar-refractivity contribution in [3.8, 4) is 0 Å². The van der Waals surface area contributed by atoms with Crippen LogP contribution in [0.4, 0.5) is 0 Å². The smallest absolute Gasteiger partial charge is 0.339 e. The largest absolute Gasteiger partial charge is 0.454 e. The van der Waals surface area contributed by atoms with Crippen LogP contribution in [0.5, 0.6) is 0 Å². The minimum atomic E-state index is -0.443. The molecular weight excluding hydrogens is 406 g/mol. The van der Waals surface area contributed by atoms with Gasteiger partial charge in [0.15, 0.2) is 12.4 Å². The average molecular weight is 427 g/mol. The molecule has 0 amide bonds. The monoisotopic (exact) mass is 427 g/mol. The average Bonchev–Trinajstić information content (AvgIpc) is 3.25. The number of carbonyl (C=O) groups is 1. The number of hydrogen-bond acceptors (Lipinski definition) is 6. The van der Waals surface area contributed by atoms with Crippen molar-refractivity contribution >= 4 is 33.6 Å². The molecule has 0 spiro atoms. The minimum Gasteiger partial charge on any atom is -0.454 e. The number of aromatic nitrogens is 5. The summed E-state index contributed by atoms with van der Waals surface area (Å²) in [5.41, 5.74) is 3.46. The summed E-state index contributed by atoms with van der Waals surface area (Å²) in [6.07, 6.45) is 0.714. The normalized spacial score (nSPS) is 11.5. The van der Waals surface area contributed by atoms with E-state index in [2.05, 4.69) is 15.2 Å². The molecule has 0 bridgehead atoms. The van der Waals surface area contributed by atoms with Crippen molar-refractivity contribution in [2.24, 2.45) is 7.05 Å². The summed E-state index contributed by atoms with van der Waals surface area (Å²) in [7, 11) is 1.65. The highest BCUT2D eigenvalue weighted by Crippen LogP contribution is 2.25. The topological polar surface area (TPSA) is 91.4 Å². The molecule has 5 aromatic rings. The Morgan fingerprint density at radius 2 is 1.75 bits per heavy atom. The molecule has 0 saturated heterocycles. The van der Waals surface area contributed by atoms with Gasteiger partial charge in [0.2, 0.25) is 5.78 Å². The molecule has 3 aromatic heterocycles. The first kappa shape index (κ1) is 19.9. The van der Waals surface area contributed by atoms with Gasteiger partial charge in [-0.2, -0.15) is 0 Å². The molecule has 0 atom stereocenters. The highest BCUT2D eigenvalue weighted by molar-refractivity contribution is 6.05. The molecule has 0 fully saturated rings. The number of carbonyl (C=O) groups excluding carboxylic acids is 1. The Balaban J connectivity index is 1.57. The van der Waals surface area contributed by atoms with E-state index < -0.39 is 5.97 Å². The Labute approximate surface area is 183 Å². The van der Waals surface area contributed by atoms with E-state index in [4.69, 9.17) is 4.74 Å². The number of pyridine rings is 1. The van der Waals surface area contributed by atoms with Gasteiger partial charge in [0.25, 0.3) is 5.56 Å². The van der Waals surface area contributed by atoms with Gasteiger partial charge >= 0.3 is 5.97 Å². The van der Waals surface area contributed by atoms with E-state index in [1.165, 1.54) is 4.57 Å². The lowest BCUT2D eigenvalue weighted by molar-refractivity contribution is 0.0462. The number of para-hydroxylation sites is 2. The SMILES string of the molecule is CCc1nc2ccccc2c(C(=O)OCc2nnc3n(C)c(=O)c4ccccc4n23)c1C. The molecular formula is C24H21N5O3. The van der Waals surface area contributed by atoms with Gasteiger partial charge in [-0.25, -0.2) is 4.79 Å². The van der Waals surface area contributed by atoms with Gasteiger partial charge in [0.05, 0.1) is 22.0 Å². The van der Waals surface area contributed by atoms with E-state index >= 15 is 0 Å². The molecule has 0 unspecified atom stereocenters. The zero-order chi connectivity index (χ0) is 22.4. The third kappa shape index (κ3) is 2.95. The first-order valence-corrected chi connectivity index (χ1v) is 10.4. The number of benzene rings is 2. The molecule has 0 aliphatic carbocycles. The van der Waals surface area contributed by atoms with Gasteiger partial charge in [0.1, 0.15) is 0 Å². The highest BCUT2D eigenvalue weighted by atomic mass is 16.5. The molecule has 160 valence electrons. The van der Waals surface area contributed by atoms with Crippen molar-refractivity contribution in [3.05, 3.63) is 81.5 Å². The van der Waals surface area contributed by atoms with Crippen LogP contribution in [0.25, 0.3) is 27.6 Å². The summed E-state index contributed by atoms with van der Waals surface area (Å²) in [5, 5.41) is 9.64. The molecule has 5 rings (SSSR count). The third-order valence-corrected chi connectivity index (χ3v) is 5.80. The van der Waals surface area contributed by atoms with Crippen molar-refractivity contribution in [2.45, 2.75) is 26.9 Å². The Morgan fingerprint density at radius 1 is 1.03 bits per heavy atom. The second kappa shape index (κ2) is 7.56. The molecule has 2 aromatic carbocycles. The molecule has 0 saturated carbocycles. The predicted molar refractivity (Wildman–Crippen MR) is 121 cm³/mol. The van der Waals surface area contributed by atoms with Crippen LogP contribution < -0.4 is 5.56 Å². The van der Waals surface area contributed by atoms with Gasteiger partial charge in [-0.3, -0.25) is 18.7 Å². The van der Waals surface area contributed by atoms with Crippen LogP contribution in [0.3, 0.4) is 0 Å². The number of hydrogen-bond donors (Lipinski definition) is 0. The zero-order valence-electron chi connectivity index (χ0n) is 18.0. The van der Waals surface area contributed by atoms with Gasteiger partial charge in [-0.05, 0) is 37.1 Å². The van der Waals surface area contributed by atoms with Crippen LogP contribution in [-0.2, 0) is 24.8 Å². The second-order valence-corrected chi connectivity index (χ2v) is 7.64. The van der Waals surface area contributed by atoms with Crippen LogP contribution in [0.15, 0.2) is 53.3 Å². The lowest BCUT2D eigenvalue weighted by atomic mass is 10.0. The molecule has 8 nitrogen and oxygen atoms in total. The van der Waals surface area contributed by atoms with E-state index in [1.54, 1.807) is 17.5 Å². The van der Waals surface area contributed by atoms with Crippen LogP contribution in [0.2, 0.25) is 0 Å². The number of aryl methyl sites for hydroxylation is 2. The standard InChI is InChI=1S/C24H21N5O3/c1-4-17-14(2)21(15-9-5-7-11-18(15)25-17)23(31)32-13-20-26-27-24-28(3)22(30)16-10-6-8-12-19(16)29(20)24/h5-12H,4,13H2,1-3H3. The van der Waals surface area contributed by atoms with E-state index in [0.717, 1.165) is 22.2 Å². The first-order valence-electron chi connectivity index (χ1n) is 10.4. The first-order chi connectivity index (χ1) is 15.5. The molecule has 3 heterocycles. The Kier molecular flexibility index (Phi) is 4.70. The van der Waals surface area contributed by atoms with Crippen molar-refractivity contribution in [2.75, 3.05) is 0 Å². The van der Waals surface area contributed by atoms with Gasteiger partial charge < -0.3 is 4.74 Å². The van der Waals surface area contributed by atoms with Crippen molar-refractivity contribution in [3.63, 3.8) is 0 Å². The van der Waals surface area contributed by atoms with Crippen LogP contribution in [0.1, 0.15) is 34.4 Å². The Morgan fingerprint density at radius 3 is 2.53 bits per heavy atom. The number of nitrogens with zero attached hydrogens (tertiary/aromatic N) is 5. The van der Waals surface area contributed by atoms with Crippen molar-refractivity contribution in [1.82, 2.24) is 24.1 Å². The molecule has 32 heavy (non-hydrogen) atoms. The summed E-state index contributed by atoms with van der Waals surface area (Å²) in [6.45, 7) is 3.82. The molecule has 0 aliphatic heterocycles. The molecule has 0 N–H and O–H groups in total. The third-order valence-electron chi connectivity index (χ3n) is 5.80. The van der Waals surface area contributed by atoms with Gasteiger partial charge in [0, 0.05) is 18.1 Å². The number of ether oxygens (including phenoxy) is 1. The van der Waals surface area contributed by atoms with Crippen LogP contribution in [-0.4, -0.2) is 30.1 Å². The predicted octanol–water partition coefficient (Wildman–Crippen LogP) is 3.36. The summed E-state index contributed by atoms with van der Waals surface area (Å²) in [4.78, 5) is 30.5. The van der Waals surface area contributed by atoms with Crippen molar-refractivity contribution in [1.29, 1.82) is 0 Å². The van der Waals surface area contributed by atoms with E-state index in [0.29, 0.717) is 34.5 Å². The fourth-order valence-electron chi connectivity index (χ4n) is 4.15. The van der Waals surface area contributed by atoms with Crippen LogP contribution in [0, 0.1) is 6.92 Å². The fourth-order valence-corrected chi connectivity index (χ4v) is 4.15. The number of rotatable bonds is 4. The second-order valence-electron chi connectivity index (χ2n) is 7.64. The molecule has 8 heteroatoms. The van der Waals surface area contributed by atoms with Gasteiger partial charge in [-0.1, -0.05) is 37.3 Å². The quantitative estimate of drug-likeness (QED) is 0.409. The maximum absolute atomic E-state index is 13.2. The highest BCUT2D eigenvalue weighted by Gasteiger charge is 2.20. The number of fused-ring (bicyclic) bond motifs is 4. The van der Waals surface area contributed by atoms with Crippen molar-refractivity contribution < 1.29 is 9.53 Å². The Hall–Kier alpha value is -4.07. The summed E-state index contributed by atoms with van der Waals surface area (Å²) in [6, 6.07) is 14.8. The summed E-state index contributed by atoms with van der Waals surface area (Å²) < 4.78 is 8.90. The zero-order valence-corrected chi connectivity index (χ0v) is 18.0. The van der Waals surface area contributed by atoms with Crippen LogP contribution >= 0.6 is 0 Å². The summed E-state index contributed by atoms with van der Waals surface area (Å²) >= 11 is 0. The maximum Gasteiger partial charge on any atom is 0.339 e. The van der Waals surface area contributed by atoms with E-state index in [9.17, 15) is 9.59 Å². The maximum atomic E-state index is 13.2. The lowest BCUT2D eigenvalue weighted by Crippen LogP contribution is -2.20. The van der Waals surface area contributed by atoms with E-state index in [-0.39, 0.29) is 12.2 Å². The number of esters is 1. The fraction of sp³-hybridized carbons (Fsp3) is 0.208. The Bertz CT molecular complexity index is 1580. The lowest BCUT2D eigenvalue weighted by Gasteiger charge is -2.13. The molecule has 0 aliphatic rings. The minimum absolute atomic E-state index is 0.0836. The van der Waals surface area contributed by atoms with E-state index in [1.807, 2.05) is 56.3 Å². The summed E-state index contributed by atoms with van der Waals surface area (Å²) in [5.74, 6) is 0.382.